The monoisotopic (exact) mass is 179 g/mol. The number of alkyl halides is 2. The number of hydrogen-bond donors (Lipinski definition) is 1. The average molecular weight is 179 g/mol. The minimum absolute atomic E-state index is 0.00153. The zero-order valence-electron chi connectivity index (χ0n) is 7.44. The molecule has 0 fully saturated rings. The van der Waals surface area contributed by atoms with Crippen molar-refractivity contribution in [1.29, 1.82) is 0 Å². The van der Waals surface area contributed by atoms with Crippen molar-refractivity contribution in [2.24, 2.45) is 5.92 Å². The van der Waals surface area contributed by atoms with E-state index in [1.807, 2.05) is 0 Å². The van der Waals surface area contributed by atoms with Crippen LogP contribution in [-0.4, -0.2) is 25.3 Å². The second-order valence-corrected chi connectivity index (χ2v) is 2.97. The lowest BCUT2D eigenvalue weighted by Crippen LogP contribution is -2.25. The zero-order valence-corrected chi connectivity index (χ0v) is 7.44. The van der Waals surface area contributed by atoms with Crippen LogP contribution < -0.4 is 5.32 Å². The Kier molecular flexibility index (Phi) is 5.80. The minimum atomic E-state index is -2.33. The summed E-state index contributed by atoms with van der Waals surface area (Å²) in [7, 11) is 0. The maximum Gasteiger partial charge on any atom is 0.250 e. The van der Waals surface area contributed by atoms with Crippen LogP contribution in [0.4, 0.5) is 8.78 Å². The van der Waals surface area contributed by atoms with Crippen molar-refractivity contribution < 1.29 is 13.6 Å². The Hall–Kier alpha value is -0.510. The van der Waals surface area contributed by atoms with E-state index in [1.54, 1.807) is 13.8 Å². The Morgan fingerprint density at radius 2 is 2.00 bits per heavy atom. The molecule has 12 heavy (non-hydrogen) atoms. The number of ketones is 1. The number of carbonyl (C=O) groups is 1. The van der Waals surface area contributed by atoms with Gasteiger partial charge in [0.2, 0.25) is 0 Å². The number of nitrogens with one attached hydrogen (secondary N) is 1. The molecule has 0 unspecified atom stereocenters. The Bertz CT molecular complexity index is 137. The van der Waals surface area contributed by atoms with Crippen LogP contribution in [0.15, 0.2) is 0 Å². The van der Waals surface area contributed by atoms with E-state index in [4.69, 9.17) is 0 Å². The molecule has 0 aliphatic rings. The smallest absolute Gasteiger partial charge is 0.250 e. The standard InChI is InChI=1S/C8H15F2NO/c1-6(2)7(12)3-4-11-5-8(9)10/h6,8,11H,3-5H2,1-2H3. The van der Waals surface area contributed by atoms with Crippen LogP contribution in [0, 0.1) is 5.92 Å². The largest absolute Gasteiger partial charge is 0.311 e. The molecule has 0 radical (unpaired) electrons. The van der Waals surface area contributed by atoms with Gasteiger partial charge >= 0.3 is 0 Å². The molecule has 0 heterocycles. The minimum Gasteiger partial charge on any atom is -0.311 e. The Balaban J connectivity index is 3.26. The number of halogens is 2. The summed E-state index contributed by atoms with van der Waals surface area (Å²) in [5.41, 5.74) is 0. The van der Waals surface area contributed by atoms with Crippen LogP contribution >= 0.6 is 0 Å². The van der Waals surface area contributed by atoms with Crippen molar-refractivity contribution in [2.45, 2.75) is 26.7 Å². The SMILES string of the molecule is CC(C)C(=O)CCNCC(F)F. The number of Topliss-reactive ketones (excluding diaryl/α,β-unsaturated/α-hetero) is 1. The second kappa shape index (κ2) is 6.06. The summed E-state index contributed by atoms with van der Waals surface area (Å²) in [6.45, 7) is 3.62. The lowest BCUT2D eigenvalue weighted by atomic mass is 10.1. The normalized spacial score (nSPS) is 11.2. The fraction of sp³-hybridized carbons (Fsp3) is 0.875. The van der Waals surface area contributed by atoms with E-state index in [0.717, 1.165) is 0 Å². The molecule has 72 valence electrons. The van der Waals surface area contributed by atoms with Gasteiger partial charge < -0.3 is 5.32 Å². The molecule has 0 aliphatic carbocycles. The topological polar surface area (TPSA) is 29.1 Å². The van der Waals surface area contributed by atoms with Crippen LogP contribution in [0.2, 0.25) is 0 Å². The van der Waals surface area contributed by atoms with Crippen molar-refractivity contribution >= 4 is 5.78 Å². The highest BCUT2D eigenvalue weighted by Crippen LogP contribution is 1.97. The summed E-state index contributed by atoms with van der Waals surface area (Å²) in [6, 6.07) is 0. The molecule has 0 aromatic heterocycles. The fourth-order valence-corrected chi connectivity index (χ4v) is 0.711. The molecule has 2 nitrogen and oxygen atoms in total. The highest BCUT2D eigenvalue weighted by Gasteiger charge is 2.06. The molecule has 0 saturated carbocycles. The molecule has 0 aromatic carbocycles. The Labute approximate surface area is 71.3 Å². The molecule has 0 rings (SSSR count). The van der Waals surface area contributed by atoms with Crippen LogP contribution in [0.3, 0.4) is 0 Å². The molecule has 1 N–H and O–H groups in total. The van der Waals surface area contributed by atoms with E-state index in [2.05, 4.69) is 5.32 Å². The molecule has 0 amide bonds. The van der Waals surface area contributed by atoms with E-state index in [0.29, 0.717) is 13.0 Å². The average Bonchev–Trinajstić information content (AvgIpc) is 1.97. The number of rotatable bonds is 6. The highest BCUT2D eigenvalue weighted by molar-refractivity contribution is 5.80. The van der Waals surface area contributed by atoms with Crippen molar-refractivity contribution in [2.75, 3.05) is 13.1 Å². The molecule has 0 aliphatic heterocycles. The van der Waals surface area contributed by atoms with Crippen molar-refractivity contribution in [3.05, 3.63) is 0 Å². The third-order valence-electron chi connectivity index (χ3n) is 1.49. The van der Waals surface area contributed by atoms with E-state index < -0.39 is 6.43 Å². The summed E-state index contributed by atoms with van der Waals surface area (Å²) >= 11 is 0. The highest BCUT2D eigenvalue weighted by atomic mass is 19.3. The Morgan fingerprint density at radius 1 is 1.42 bits per heavy atom. The summed E-state index contributed by atoms with van der Waals surface area (Å²) in [5, 5.41) is 2.50. The van der Waals surface area contributed by atoms with Crippen molar-refractivity contribution in [1.82, 2.24) is 5.32 Å². The van der Waals surface area contributed by atoms with Crippen molar-refractivity contribution in [3.63, 3.8) is 0 Å². The molecular formula is C8H15F2NO. The predicted octanol–water partition coefficient (Wildman–Crippen LogP) is 1.46. The first kappa shape index (κ1) is 11.5. The van der Waals surface area contributed by atoms with Gasteiger partial charge in [-0.3, -0.25) is 4.79 Å². The quantitative estimate of drug-likeness (QED) is 0.625. The van der Waals surface area contributed by atoms with Gasteiger partial charge in [-0.2, -0.15) is 0 Å². The zero-order chi connectivity index (χ0) is 9.56. The van der Waals surface area contributed by atoms with E-state index in [-0.39, 0.29) is 18.2 Å². The van der Waals surface area contributed by atoms with Crippen LogP contribution in [0.1, 0.15) is 20.3 Å². The maximum absolute atomic E-state index is 11.6. The van der Waals surface area contributed by atoms with Crippen LogP contribution in [0.5, 0.6) is 0 Å². The molecular weight excluding hydrogens is 164 g/mol. The Morgan fingerprint density at radius 3 is 2.42 bits per heavy atom. The van der Waals surface area contributed by atoms with Gasteiger partial charge in [0.05, 0.1) is 6.54 Å². The van der Waals surface area contributed by atoms with Crippen LogP contribution in [-0.2, 0) is 4.79 Å². The van der Waals surface area contributed by atoms with E-state index >= 15 is 0 Å². The maximum atomic E-state index is 11.6. The molecule has 0 atom stereocenters. The molecule has 0 spiro atoms. The van der Waals surface area contributed by atoms with Gasteiger partial charge in [-0.05, 0) is 0 Å². The first-order chi connectivity index (χ1) is 5.54. The molecule has 0 aromatic rings. The van der Waals surface area contributed by atoms with E-state index in [1.165, 1.54) is 0 Å². The molecule has 4 heteroatoms. The lowest BCUT2D eigenvalue weighted by Gasteiger charge is -2.04. The third-order valence-corrected chi connectivity index (χ3v) is 1.49. The molecule has 0 bridgehead atoms. The third kappa shape index (κ3) is 6.22. The number of hydrogen-bond acceptors (Lipinski definition) is 2. The first-order valence-corrected chi connectivity index (χ1v) is 4.05. The number of carbonyl (C=O) groups excluding carboxylic acids is 1. The van der Waals surface area contributed by atoms with Gasteiger partial charge in [0.1, 0.15) is 5.78 Å². The van der Waals surface area contributed by atoms with Gasteiger partial charge in [-0.1, -0.05) is 13.8 Å². The fourth-order valence-electron chi connectivity index (χ4n) is 0.711. The molecule has 0 saturated heterocycles. The second-order valence-electron chi connectivity index (χ2n) is 2.97. The van der Waals surface area contributed by atoms with Gasteiger partial charge in [0.15, 0.2) is 0 Å². The lowest BCUT2D eigenvalue weighted by molar-refractivity contribution is -0.121. The summed E-state index contributed by atoms with van der Waals surface area (Å²) in [6.07, 6.45) is -2.00. The van der Waals surface area contributed by atoms with Gasteiger partial charge in [-0.25, -0.2) is 8.78 Å². The summed E-state index contributed by atoms with van der Waals surface area (Å²) < 4.78 is 23.1. The van der Waals surface area contributed by atoms with Crippen molar-refractivity contribution in [3.8, 4) is 0 Å². The van der Waals surface area contributed by atoms with Gasteiger partial charge in [0, 0.05) is 18.9 Å². The van der Waals surface area contributed by atoms with E-state index in [9.17, 15) is 13.6 Å². The van der Waals surface area contributed by atoms with Gasteiger partial charge in [-0.15, -0.1) is 0 Å². The summed E-state index contributed by atoms with van der Waals surface area (Å²) in [5.74, 6) is 0.107. The van der Waals surface area contributed by atoms with Crippen LogP contribution in [0.25, 0.3) is 0 Å². The first-order valence-electron chi connectivity index (χ1n) is 4.05. The van der Waals surface area contributed by atoms with Gasteiger partial charge in [0.25, 0.3) is 6.43 Å². The predicted molar refractivity (Wildman–Crippen MR) is 43.3 cm³/mol. The summed E-state index contributed by atoms with van der Waals surface area (Å²) in [4.78, 5) is 11.0.